The van der Waals surface area contributed by atoms with Gasteiger partial charge in [-0.05, 0) is 22.0 Å². The van der Waals surface area contributed by atoms with E-state index in [0.717, 1.165) is 0 Å². The number of hydrogen-bond acceptors (Lipinski definition) is 4. The second-order valence-corrected chi connectivity index (χ2v) is 3.29. The first-order chi connectivity index (χ1) is 6.52. The van der Waals surface area contributed by atoms with Gasteiger partial charge in [0.2, 0.25) is 0 Å². The molecule has 0 spiro atoms. The van der Waals surface area contributed by atoms with E-state index in [9.17, 15) is 14.9 Å². The lowest BCUT2D eigenvalue weighted by molar-refractivity contribution is -0.385. The fourth-order valence-corrected chi connectivity index (χ4v) is 1.38. The maximum absolute atomic E-state index is 10.5. The zero-order chi connectivity index (χ0) is 10.7. The Balaban J connectivity index is 3.13. The number of halogens is 2. The lowest BCUT2D eigenvalue weighted by atomic mass is 10.3. The van der Waals surface area contributed by atoms with E-state index in [1.807, 2.05) is 0 Å². The highest BCUT2D eigenvalue weighted by Crippen LogP contribution is 2.33. The van der Waals surface area contributed by atoms with Crippen molar-refractivity contribution >= 4 is 38.6 Å². The summed E-state index contributed by atoms with van der Waals surface area (Å²) in [4.78, 5) is 20.3. The van der Waals surface area contributed by atoms with Gasteiger partial charge in [0.05, 0.1) is 4.92 Å². The molecule has 0 radical (unpaired) electrons. The van der Waals surface area contributed by atoms with Gasteiger partial charge in [0.25, 0.3) is 5.69 Å². The second-order valence-electron chi connectivity index (χ2n) is 2.19. The summed E-state index contributed by atoms with van der Waals surface area (Å²) in [6.07, 6.45) is 0. The molecule has 0 fully saturated rings. The molecular weight excluding hydrogens is 277 g/mol. The number of nitro benzene ring substituents is 1. The molecule has 1 aromatic carbocycles. The minimum atomic E-state index is -1.05. The van der Waals surface area contributed by atoms with Crippen LogP contribution >= 0.6 is 27.5 Å². The van der Waals surface area contributed by atoms with Crippen LogP contribution in [0, 0.1) is 10.1 Å². The van der Waals surface area contributed by atoms with E-state index in [1.54, 1.807) is 0 Å². The van der Waals surface area contributed by atoms with E-state index in [1.165, 1.54) is 18.2 Å². The Morgan fingerprint density at radius 3 is 2.71 bits per heavy atom. The molecule has 7 heteroatoms. The van der Waals surface area contributed by atoms with Crippen molar-refractivity contribution in [2.45, 2.75) is 0 Å². The van der Waals surface area contributed by atoms with Gasteiger partial charge in [-0.15, -0.1) is 0 Å². The number of ether oxygens (including phenoxy) is 1. The molecule has 14 heavy (non-hydrogen) atoms. The van der Waals surface area contributed by atoms with Crippen LogP contribution in [-0.4, -0.2) is 10.4 Å². The Labute approximate surface area is 91.9 Å². The van der Waals surface area contributed by atoms with E-state index in [-0.39, 0.29) is 15.9 Å². The number of hydrogen-bond donors (Lipinski definition) is 0. The van der Waals surface area contributed by atoms with Crippen LogP contribution in [0.4, 0.5) is 10.5 Å². The summed E-state index contributed by atoms with van der Waals surface area (Å²) in [7, 11) is 0. The van der Waals surface area contributed by atoms with Crippen LogP contribution in [0.5, 0.6) is 5.75 Å². The molecule has 1 aromatic rings. The summed E-state index contributed by atoms with van der Waals surface area (Å²) in [5.74, 6) is 0.0131. The molecule has 0 N–H and O–H groups in total. The smallest absolute Gasteiger partial charge is 0.409 e. The molecule has 0 amide bonds. The van der Waals surface area contributed by atoms with Crippen LogP contribution in [0.1, 0.15) is 0 Å². The number of nitrogens with zero attached hydrogens (tertiary/aromatic N) is 1. The zero-order valence-corrected chi connectivity index (χ0v) is 8.91. The quantitative estimate of drug-likeness (QED) is 0.474. The SMILES string of the molecule is O=C(Cl)Oc1cccc([N+](=O)[O-])c1Br. The summed E-state index contributed by atoms with van der Waals surface area (Å²) in [6.45, 7) is 0. The third-order valence-corrected chi connectivity index (χ3v) is 2.20. The summed E-state index contributed by atoms with van der Waals surface area (Å²) < 4.78 is 4.59. The molecule has 74 valence electrons. The number of carbonyl (C=O) groups is 1. The number of rotatable bonds is 2. The van der Waals surface area contributed by atoms with Crippen molar-refractivity contribution in [3.05, 3.63) is 32.8 Å². The molecule has 1 rings (SSSR count). The Kier molecular flexibility index (Phi) is 3.43. The van der Waals surface area contributed by atoms with Gasteiger partial charge >= 0.3 is 5.43 Å². The molecule has 0 aliphatic heterocycles. The van der Waals surface area contributed by atoms with Gasteiger partial charge in [-0.3, -0.25) is 10.1 Å². The minimum Gasteiger partial charge on any atom is -0.413 e. The van der Waals surface area contributed by atoms with Crippen LogP contribution in [-0.2, 0) is 0 Å². The van der Waals surface area contributed by atoms with Crippen LogP contribution < -0.4 is 4.74 Å². The van der Waals surface area contributed by atoms with Crippen LogP contribution in [0.2, 0.25) is 0 Å². The Morgan fingerprint density at radius 2 is 2.21 bits per heavy atom. The molecule has 0 saturated heterocycles. The molecule has 0 aliphatic carbocycles. The van der Waals surface area contributed by atoms with Crippen molar-refractivity contribution in [1.29, 1.82) is 0 Å². The van der Waals surface area contributed by atoms with Crippen molar-refractivity contribution in [1.82, 2.24) is 0 Å². The standard InChI is InChI=1S/C7H3BrClNO4/c8-6-4(10(12)13)2-1-3-5(6)14-7(9)11/h1-3H. The van der Waals surface area contributed by atoms with E-state index in [2.05, 4.69) is 20.7 Å². The fraction of sp³-hybridized carbons (Fsp3) is 0. The van der Waals surface area contributed by atoms with Gasteiger partial charge in [-0.2, -0.15) is 0 Å². The molecule has 0 bridgehead atoms. The Morgan fingerprint density at radius 1 is 1.57 bits per heavy atom. The molecule has 0 unspecified atom stereocenters. The molecule has 0 atom stereocenters. The molecular formula is C7H3BrClNO4. The van der Waals surface area contributed by atoms with Crippen LogP contribution in [0.15, 0.2) is 22.7 Å². The third-order valence-electron chi connectivity index (χ3n) is 1.33. The van der Waals surface area contributed by atoms with Crippen molar-refractivity contribution in [2.75, 3.05) is 0 Å². The number of benzene rings is 1. The molecule has 0 aliphatic rings. The lowest BCUT2D eigenvalue weighted by Crippen LogP contribution is -1.98. The van der Waals surface area contributed by atoms with Gasteiger partial charge in [-0.25, -0.2) is 4.79 Å². The first-order valence-corrected chi connectivity index (χ1v) is 4.49. The third kappa shape index (κ3) is 2.43. The van der Waals surface area contributed by atoms with Crippen molar-refractivity contribution in [3.8, 4) is 5.75 Å². The first-order valence-electron chi connectivity index (χ1n) is 3.32. The van der Waals surface area contributed by atoms with Gasteiger partial charge < -0.3 is 4.74 Å². The maximum atomic E-state index is 10.5. The highest BCUT2D eigenvalue weighted by Gasteiger charge is 2.16. The first kappa shape index (κ1) is 10.9. The zero-order valence-electron chi connectivity index (χ0n) is 6.57. The van der Waals surface area contributed by atoms with Gasteiger partial charge in [0, 0.05) is 17.7 Å². The monoisotopic (exact) mass is 279 g/mol. The average Bonchev–Trinajstić information content (AvgIpc) is 2.07. The number of carbonyl (C=O) groups excluding carboxylic acids is 1. The summed E-state index contributed by atoms with van der Waals surface area (Å²) >= 11 is 7.90. The van der Waals surface area contributed by atoms with Crippen molar-refractivity contribution in [3.63, 3.8) is 0 Å². The van der Waals surface area contributed by atoms with Crippen molar-refractivity contribution in [2.24, 2.45) is 0 Å². The lowest BCUT2D eigenvalue weighted by Gasteiger charge is -2.02. The highest BCUT2D eigenvalue weighted by atomic mass is 79.9. The second kappa shape index (κ2) is 4.39. The molecule has 0 saturated carbocycles. The molecule has 0 aromatic heterocycles. The fourth-order valence-electron chi connectivity index (χ4n) is 0.805. The normalized spacial score (nSPS) is 9.57. The Hall–Kier alpha value is -1.14. The largest absolute Gasteiger partial charge is 0.413 e. The maximum Gasteiger partial charge on any atom is 0.409 e. The van der Waals surface area contributed by atoms with E-state index in [0.29, 0.717) is 0 Å². The Bertz CT molecular complexity index is 395. The topological polar surface area (TPSA) is 69.4 Å². The molecule has 5 nitrogen and oxygen atoms in total. The van der Waals surface area contributed by atoms with Crippen molar-refractivity contribution < 1.29 is 14.5 Å². The highest BCUT2D eigenvalue weighted by molar-refractivity contribution is 9.10. The average molecular weight is 280 g/mol. The van der Waals surface area contributed by atoms with E-state index in [4.69, 9.17) is 11.6 Å². The number of nitro groups is 1. The van der Waals surface area contributed by atoms with Gasteiger partial charge in [0.15, 0.2) is 5.75 Å². The minimum absolute atomic E-state index is 0.0131. The van der Waals surface area contributed by atoms with E-state index < -0.39 is 10.4 Å². The van der Waals surface area contributed by atoms with Crippen LogP contribution in [0.25, 0.3) is 0 Å². The predicted octanol–water partition coefficient (Wildman–Crippen LogP) is 3.09. The summed E-state index contributed by atoms with van der Waals surface area (Å²) in [6, 6.07) is 4.05. The summed E-state index contributed by atoms with van der Waals surface area (Å²) in [5.41, 5.74) is -1.24. The van der Waals surface area contributed by atoms with Crippen LogP contribution in [0.3, 0.4) is 0 Å². The van der Waals surface area contributed by atoms with Gasteiger partial charge in [-0.1, -0.05) is 6.07 Å². The summed E-state index contributed by atoms with van der Waals surface area (Å²) in [5, 5.41) is 10.5. The van der Waals surface area contributed by atoms with Gasteiger partial charge in [0.1, 0.15) is 4.47 Å². The van der Waals surface area contributed by atoms with E-state index >= 15 is 0 Å². The molecule has 0 heterocycles. The predicted molar refractivity (Wildman–Crippen MR) is 52.7 cm³/mol.